The number of likely N-dealkylation sites (tertiary alicyclic amines) is 1. The summed E-state index contributed by atoms with van der Waals surface area (Å²) in [6.07, 6.45) is 5.78. The lowest BCUT2D eigenvalue weighted by Gasteiger charge is -2.32. The molecule has 0 N–H and O–H groups in total. The molecule has 0 bridgehead atoms. The second-order valence-corrected chi connectivity index (χ2v) is 6.97. The Balaban J connectivity index is 1.53. The van der Waals surface area contributed by atoms with Gasteiger partial charge in [-0.1, -0.05) is 18.2 Å². The summed E-state index contributed by atoms with van der Waals surface area (Å²) in [5.74, 6) is 1.46. The summed E-state index contributed by atoms with van der Waals surface area (Å²) in [5.41, 5.74) is 1.23. The first-order valence-corrected chi connectivity index (χ1v) is 8.98. The maximum Gasteiger partial charge on any atom is 0.316 e. The molecule has 1 aromatic heterocycles. The molecule has 0 radical (unpaired) electrons. The minimum absolute atomic E-state index is 0.444. The highest BCUT2D eigenvalue weighted by atomic mass is 79.9. The van der Waals surface area contributed by atoms with E-state index in [0.29, 0.717) is 18.5 Å². The van der Waals surface area contributed by atoms with Gasteiger partial charge in [-0.25, -0.2) is 9.97 Å². The number of hydrogen-bond acceptors (Lipinski definition) is 5. The first-order valence-electron chi connectivity index (χ1n) is 8.19. The number of nitrogens with zero attached hydrogens (tertiary/aromatic N) is 3. The highest BCUT2D eigenvalue weighted by molar-refractivity contribution is 9.10. The Hall–Kier alpha value is -1.66. The number of methoxy groups -OCH3 is 1. The van der Waals surface area contributed by atoms with Crippen molar-refractivity contribution in [2.75, 3.05) is 26.8 Å². The predicted octanol–water partition coefficient (Wildman–Crippen LogP) is 3.54. The van der Waals surface area contributed by atoms with Gasteiger partial charge in [-0.2, -0.15) is 0 Å². The van der Waals surface area contributed by atoms with E-state index in [1.165, 1.54) is 18.4 Å². The summed E-state index contributed by atoms with van der Waals surface area (Å²) in [5, 5.41) is 0. The van der Waals surface area contributed by atoms with Gasteiger partial charge < -0.3 is 9.47 Å². The van der Waals surface area contributed by atoms with Crippen LogP contribution in [-0.4, -0.2) is 41.7 Å². The van der Waals surface area contributed by atoms with E-state index in [0.717, 1.165) is 29.9 Å². The molecule has 0 saturated carbocycles. The van der Waals surface area contributed by atoms with Crippen molar-refractivity contribution in [3.8, 4) is 11.8 Å². The lowest BCUT2D eigenvalue weighted by atomic mass is 9.98. The molecule has 5 nitrogen and oxygen atoms in total. The molecular weight excluding hydrogens is 370 g/mol. The van der Waals surface area contributed by atoms with Gasteiger partial charge in [-0.05, 0) is 41.4 Å². The largest absolute Gasteiger partial charge is 0.496 e. The van der Waals surface area contributed by atoms with Crippen LogP contribution in [0.2, 0.25) is 0 Å². The predicted molar refractivity (Wildman–Crippen MR) is 96.2 cm³/mol. The highest BCUT2D eigenvalue weighted by Gasteiger charge is 2.21. The van der Waals surface area contributed by atoms with Crippen molar-refractivity contribution in [3.63, 3.8) is 0 Å². The lowest BCUT2D eigenvalue weighted by Crippen LogP contribution is -2.37. The third-order valence-corrected chi connectivity index (χ3v) is 4.64. The van der Waals surface area contributed by atoms with E-state index in [9.17, 15) is 0 Å². The Labute approximate surface area is 151 Å². The second kappa shape index (κ2) is 8.44. The summed E-state index contributed by atoms with van der Waals surface area (Å²) in [7, 11) is 1.73. The zero-order valence-electron chi connectivity index (χ0n) is 13.8. The summed E-state index contributed by atoms with van der Waals surface area (Å²) in [6.45, 7) is 3.71. The first-order chi connectivity index (χ1) is 11.7. The topological polar surface area (TPSA) is 47.5 Å². The molecule has 1 saturated heterocycles. The SMILES string of the molecule is COc1ccccc1CN1CCCC(COc2ncc(Br)cn2)C1. The molecular formula is C18H22BrN3O2. The van der Waals surface area contributed by atoms with Crippen LogP contribution in [0, 0.1) is 5.92 Å². The number of halogens is 1. The van der Waals surface area contributed by atoms with E-state index in [1.807, 2.05) is 12.1 Å². The molecule has 1 unspecified atom stereocenters. The molecule has 0 aliphatic carbocycles. The van der Waals surface area contributed by atoms with E-state index in [1.54, 1.807) is 19.5 Å². The summed E-state index contributed by atoms with van der Waals surface area (Å²) < 4.78 is 12.1. The molecule has 1 aromatic carbocycles. The van der Waals surface area contributed by atoms with Crippen molar-refractivity contribution in [1.29, 1.82) is 0 Å². The normalized spacial score (nSPS) is 18.3. The molecule has 3 rings (SSSR count). The maximum absolute atomic E-state index is 5.75. The van der Waals surface area contributed by atoms with Gasteiger partial charge in [-0.3, -0.25) is 4.90 Å². The molecule has 128 valence electrons. The molecule has 1 fully saturated rings. The van der Waals surface area contributed by atoms with E-state index < -0.39 is 0 Å². The second-order valence-electron chi connectivity index (χ2n) is 6.05. The minimum Gasteiger partial charge on any atom is -0.496 e. The van der Waals surface area contributed by atoms with Gasteiger partial charge in [0.15, 0.2) is 0 Å². The van der Waals surface area contributed by atoms with Crippen molar-refractivity contribution in [1.82, 2.24) is 14.9 Å². The van der Waals surface area contributed by atoms with Crippen LogP contribution in [-0.2, 0) is 6.54 Å². The van der Waals surface area contributed by atoms with Crippen molar-refractivity contribution >= 4 is 15.9 Å². The van der Waals surface area contributed by atoms with Gasteiger partial charge in [0.25, 0.3) is 0 Å². The van der Waals surface area contributed by atoms with Crippen LogP contribution in [0.3, 0.4) is 0 Å². The zero-order chi connectivity index (χ0) is 16.8. The van der Waals surface area contributed by atoms with Crippen molar-refractivity contribution in [3.05, 3.63) is 46.7 Å². The lowest BCUT2D eigenvalue weighted by molar-refractivity contribution is 0.120. The van der Waals surface area contributed by atoms with Gasteiger partial charge in [0.2, 0.25) is 0 Å². The van der Waals surface area contributed by atoms with Gasteiger partial charge in [0.1, 0.15) is 5.75 Å². The van der Waals surface area contributed by atoms with Gasteiger partial charge in [-0.15, -0.1) is 0 Å². The maximum atomic E-state index is 5.75. The number of benzene rings is 1. The third-order valence-electron chi connectivity index (χ3n) is 4.23. The molecule has 1 aliphatic heterocycles. The van der Waals surface area contributed by atoms with E-state index >= 15 is 0 Å². The number of aromatic nitrogens is 2. The molecule has 1 aliphatic rings. The fourth-order valence-electron chi connectivity index (χ4n) is 3.07. The van der Waals surface area contributed by atoms with Gasteiger partial charge >= 0.3 is 6.01 Å². The first kappa shape index (κ1) is 17.2. The number of para-hydroxylation sites is 1. The molecule has 1 atom stereocenters. The van der Waals surface area contributed by atoms with Crippen LogP contribution in [0.5, 0.6) is 11.8 Å². The molecule has 2 aromatic rings. The summed E-state index contributed by atoms with van der Waals surface area (Å²) in [4.78, 5) is 10.8. The average molecular weight is 392 g/mol. The Morgan fingerprint density at radius 3 is 2.83 bits per heavy atom. The fraction of sp³-hybridized carbons (Fsp3) is 0.444. The van der Waals surface area contributed by atoms with E-state index in [2.05, 4.69) is 42.9 Å². The van der Waals surface area contributed by atoms with Crippen LogP contribution in [0.4, 0.5) is 0 Å². The van der Waals surface area contributed by atoms with Crippen LogP contribution >= 0.6 is 15.9 Å². The Bertz CT molecular complexity index is 651. The third kappa shape index (κ3) is 4.68. The molecule has 24 heavy (non-hydrogen) atoms. The number of piperidine rings is 1. The van der Waals surface area contributed by atoms with Crippen LogP contribution in [0.25, 0.3) is 0 Å². The van der Waals surface area contributed by atoms with Gasteiger partial charge in [0.05, 0.1) is 18.2 Å². The Morgan fingerprint density at radius 1 is 1.25 bits per heavy atom. The standard InChI is InChI=1S/C18H22BrN3O2/c1-23-17-7-3-2-6-15(17)12-22-8-4-5-14(11-22)13-24-18-20-9-16(19)10-21-18/h2-3,6-7,9-10,14H,4-5,8,11-13H2,1H3. The highest BCUT2D eigenvalue weighted by Crippen LogP contribution is 2.23. The fourth-order valence-corrected chi connectivity index (χ4v) is 3.28. The summed E-state index contributed by atoms with van der Waals surface area (Å²) in [6, 6.07) is 8.67. The Kier molecular flexibility index (Phi) is 6.04. The van der Waals surface area contributed by atoms with Crippen LogP contribution in [0.1, 0.15) is 18.4 Å². The Morgan fingerprint density at radius 2 is 2.04 bits per heavy atom. The summed E-state index contributed by atoms with van der Waals surface area (Å²) >= 11 is 3.33. The molecule has 2 heterocycles. The quantitative estimate of drug-likeness (QED) is 0.753. The minimum atomic E-state index is 0.444. The van der Waals surface area contributed by atoms with E-state index in [-0.39, 0.29) is 0 Å². The molecule has 0 amide bonds. The monoisotopic (exact) mass is 391 g/mol. The number of hydrogen-bond donors (Lipinski definition) is 0. The average Bonchev–Trinajstić information content (AvgIpc) is 2.62. The van der Waals surface area contributed by atoms with Crippen molar-refractivity contribution < 1.29 is 9.47 Å². The van der Waals surface area contributed by atoms with Crippen LogP contribution in [0.15, 0.2) is 41.1 Å². The number of ether oxygens (including phenoxy) is 2. The van der Waals surface area contributed by atoms with Gasteiger partial charge in [0, 0.05) is 37.0 Å². The van der Waals surface area contributed by atoms with Crippen molar-refractivity contribution in [2.24, 2.45) is 5.92 Å². The molecule has 6 heteroatoms. The molecule has 0 spiro atoms. The van der Waals surface area contributed by atoms with Crippen LogP contribution < -0.4 is 9.47 Å². The van der Waals surface area contributed by atoms with Crippen molar-refractivity contribution in [2.45, 2.75) is 19.4 Å². The smallest absolute Gasteiger partial charge is 0.316 e. The number of rotatable bonds is 6. The van der Waals surface area contributed by atoms with E-state index in [4.69, 9.17) is 9.47 Å². The zero-order valence-corrected chi connectivity index (χ0v) is 15.4.